The lowest BCUT2D eigenvalue weighted by Gasteiger charge is -2.46. The van der Waals surface area contributed by atoms with E-state index >= 15 is 0 Å². The number of fused-ring (bicyclic) bond motifs is 1. The highest BCUT2D eigenvalue weighted by atomic mass is 16.5. The zero-order valence-electron chi connectivity index (χ0n) is 18.9. The Morgan fingerprint density at radius 1 is 1.12 bits per heavy atom. The summed E-state index contributed by atoms with van der Waals surface area (Å²) >= 11 is 0. The van der Waals surface area contributed by atoms with E-state index in [0.717, 1.165) is 45.3 Å². The minimum absolute atomic E-state index is 0.0597. The maximum Gasteiger partial charge on any atom is 0.0915 e. The molecular formula is C28H33N3O. The first-order chi connectivity index (χ1) is 15.7. The summed E-state index contributed by atoms with van der Waals surface area (Å²) in [6, 6.07) is 17.5. The molecule has 0 unspecified atom stereocenters. The fraction of sp³-hybridized carbons (Fsp3) is 0.500. The third-order valence-electron chi connectivity index (χ3n) is 7.99. The molecule has 4 heteroatoms. The topological polar surface area (TPSA) is 57.9 Å². The molecule has 0 bridgehead atoms. The number of allylic oxidation sites excluding steroid dienone is 2. The highest BCUT2D eigenvalue weighted by Gasteiger charge is 2.48. The maximum absolute atomic E-state index is 9.16. The van der Waals surface area contributed by atoms with E-state index in [9.17, 15) is 0 Å². The average Bonchev–Trinajstić information content (AvgIpc) is 3.28. The zero-order valence-corrected chi connectivity index (χ0v) is 18.9. The van der Waals surface area contributed by atoms with E-state index < -0.39 is 0 Å². The molecule has 2 aromatic rings. The molecule has 1 saturated carbocycles. The van der Waals surface area contributed by atoms with Crippen LogP contribution in [0.5, 0.6) is 0 Å². The summed E-state index contributed by atoms with van der Waals surface area (Å²) < 4.78 is 6.40. The van der Waals surface area contributed by atoms with Crippen molar-refractivity contribution in [2.45, 2.75) is 74.8 Å². The number of nitrogens with one attached hydrogen (secondary N) is 1. The van der Waals surface area contributed by atoms with E-state index in [-0.39, 0.29) is 11.0 Å². The van der Waals surface area contributed by atoms with Crippen LogP contribution in [0.3, 0.4) is 0 Å². The molecule has 3 aliphatic rings. The summed E-state index contributed by atoms with van der Waals surface area (Å²) in [5, 5.41) is 13.0. The summed E-state index contributed by atoms with van der Waals surface area (Å²) in [4.78, 5) is 4.84. The first-order valence-electron chi connectivity index (χ1n) is 12.2. The number of nitriles is 1. The summed E-state index contributed by atoms with van der Waals surface area (Å²) in [5.41, 5.74) is 5.10. The second-order valence-electron chi connectivity index (χ2n) is 9.84. The largest absolute Gasteiger partial charge is 0.375 e. The third-order valence-corrected chi connectivity index (χ3v) is 7.99. The molecule has 2 aliphatic carbocycles. The predicted octanol–water partition coefficient (Wildman–Crippen LogP) is 5.86. The molecule has 0 amide bonds. The summed E-state index contributed by atoms with van der Waals surface area (Å²) in [6.45, 7) is 1.80. The van der Waals surface area contributed by atoms with Crippen LogP contribution in [0.15, 0.2) is 54.7 Å². The molecule has 2 heterocycles. The lowest BCUT2D eigenvalue weighted by Crippen LogP contribution is -2.47. The van der Waals surface area contributed by atoms with Gasteiger partial charge in [0, 0.05) is 36.0 Å². The Morgan fingerprint density at radius 3 is 2.78 bits per heavy atom. The number of benzene rings is 1. The van der Waals surface area contributed by atoms with Crippen molar-refractivity contribution in [2.75, 3.05) is 13.2 Å². The van der Waals surface area contributed by atoms with Crippen molar-refractivity contribution >= 4 is 5.57 Å². The van der Waals surface area contributed by atoms with Gasteiger partial charge in [0.2, 0.25) is 0 Å². The number of ether oxygens (including phenoxy) is 1. The van der Waals surface area contributed by atoms with Gasteiger partial charge in [0.15, 0.2) is 0 Å². The lowest BCUT2D eigenvalue weighted by molar-refractivity contribution is -0.104. The van der Waals surface area contributed by atoms with Crippen LogP contribution in [0.1, 0.15) is 80.7 Å². The minimum atomic E-state index is 0.0597. The first kappa shape index (κ1) is 21.4. The molecular weight excluding hydrogens is 394 g/mol. The van der Waals surface area contributed by atoms with Gasteiger partial charge in [-0.25, -0.2) is 0 Å². The van der Waals surface area contributed by atoms with E-state index in [1.54, 1.807) is 6.08 Å². The molecule has 1 N–H and O–H groups in total. The van der Waals surface area contributed by atoms with Gasteiger partial charge in [-0.3, -0.25) is 4.98 Å². The van der Waals surface area contributed by atoms with E-state index in [2.05, 4.69) is 47.8 Å². The molecule has 32 heavy (non-hydrogen) atoms. The van der Waals surface area contributed by atoms with Crippen LogP contribution in [0.2, 0.25) is 0 Å². The van der Waals surface area contributed by atoms with Crippen LogP contribution in [0.4, 0.5) is 0 Å². The van der Waals surface area contributed by atoms with Gasteiger partial charge in [0.1, 0.15) is 0 Å². The summed E-state index contributed by atoms with van der Waals surface area (Å²) in [7, 11) is 0. The van der Waals surface area contributed by atoms with Crippen LogP contribution in [-0.2, 0) is 10.2 Å². The molecule has 4 nitrogen and oxygen atoms in total. The fourth-order valence-corrected chi connectivity index (χ4v) is 6.40. The van der Waals surface area contributed by atoms with E-state index in [1.165, 1.54) is 48.1 Å². The number of hydrogen-bond donors (Lipinski definition) is 1. The van der Waals surface area contributed by atoms with E-state index in [4.69, 9.17) is 15.0 Å². The lowest BCUT2D eigenvalue weighted by atomic mass is 9.68. The standard InChI is InChI=1S/C28H33N3O/c29-17-12-22-10-11-25(24-8-2-1-7-23(22)24)30-19-15-27(26-9-3-6-18-31-26)16-20-32-28(21-27)13-4-5-14-28/h1-3,6-9,12,18,25,30H,4-5,10-11,13-16,19-21H2/t25-,27+/m0/s1. The molecule has 1 aromatic carbocycles. The van der Waals surface area contributed by atoms with Gasteiger partial charge < -0.3 is 10.1 Å². The van der Waals surface area contributed by atoms with E-state index in [0.29, 0.717) is 6.04 Å². The van der Waals surface area contributed by atoms with Crippen LogP contribution in [0.25, 0.3) is 5.57 Å². The van der Waals surface area contributed by atoms with Crippen molar-refractivity contribution in [3.63, 3.8) is 0 Å². The van der Waals surface area contributed by atoms with Crippen molar-refractivity contribution in [3.8, 4) is 6.07 Å². The second-order valence-corrected chi connectivity index (χ2v) is 9.84. The van der Waals surface area contributed by atoms with E-state index in [1.807, 2.05) is 12.3 Å². The molecule has 166 valence electrons. The molecule has 0 radical (unpaired) electrons. The van der Waals surface area contributed by atoms with Gasteiger partial charge in [-0.15, -0.1) is 0 Å². The van der Waals surface area contributed by atoms with Crippen molar-refractivity contribution < 1.29 is 4.74 Å². The molecule has 5 rings (SSSR count). The maximum atomic E-state index is 9.16. The Bertz CT molecular complexity index is 1000. The Hall–Kier alpha value is -2.48. The minimum Gasteiger partial charge on any atom is -0.375 e. The van der Waals surface area contributed by atoms with Crippen LogP contribution in [0, 0.1) is 11.3 Å². The number of hydrogen-bond acceptors (Lipinski definition) is 4. The molecule has 2 atom stereocenters. The summed E-state index contributed by atoms with van der Waals surface area (Å²) in [5.74, 6) is 0. The monoisotopic (exact) mass is 427 g/mol. The highest BCUT2D eigenvalue weighted by molar-refractivity contribution is 5.72. The molecule has 1 saturated heterocycles. The number of pyridine rings is 1. The first-order valence-corrected chi connectivity index (χ1v) is 12.2. The summed E-state index contributed by atoms with van der Waals surface area (Å²) in [6.07, 6.45) is 13.8. The van der Waals surface area contributed by atoms with Crippen molar-refractivity contribution in [1.82, 2.24) is 10.3 Å². The van der Waals surface area contributed by atoms with Crippen LogP contribution < -0.4 is 5.32 Å². The van der Waals surface area contributed by atoms with Crippen LogP contribution in [-0.4, -0.2) is 23.7 Å². The van der Waals surface area contributed by atoms with Crippen molar-refractivity contribution in [1.29, 1.82) is 5.26 Å². The fourth-order valence-electron chi connectivity index (χ4n) is 6.40. The predicted molar refractivity (Wildman–Crippen MR) is 127 cm³/mol. The average molecular weight is 428 g/mol. The van der Waals surface area contributed by atoms with Gasteiger partial charge in [0.25, 0.3) is 0 Å². The number of nitrogens with zero attached hydrogens (tertiary/aromatic N) is 2. The Morgan fingerprint density at radius 2 is 1.97 bits per heavy atom. The molecule has 1 spiro atoms. The Balaban J connectivity index is 1.34. The molecule has 2 fully saturated rings. The quantitative estimate of drug-likeness (QED) is 0.607. The third kappa shape index (κ3) is 4.12. The van der Waals surface area contributed by atoms with Gasteiger partial charge in [-0.2, -0.15) is 5.26 Å². The SMILES string of the molecule is N#CC=C1CC[C@H](NCC[C@@]2(c3ccccn3)CCOC3(CCCC3)C2)c2ccccc21. The Kier molecular flexibility index (Phi) is 6.13. The van der Waals surface area contributed by atoms with Gasteiger partial charge >= 0.3 is 0 Å². The van der Waals surface area contributed by atoms with Crippen molar-refractivity contribution in [2.24, 2.45) is 0 Å². The van der Waals surface area contributed by atoms with Crippen molar-refractivity contribution in [3.05, 3.63) is 71.6 Å². The van der Waals surface area contributed by atoms with Crippen LogP contribution >= 0.6 is 0 Å². The van der Waals surface area contributed by atoms with Gasteiger partial charge in [-0.1, -0.05) is 43.2 Å². The number of aromatic nitrogens is 1. The van der Waals surface area contributed by atoms with Gasteiger partial charge in [-0.05, 0) is 80.3 Å². The highest BCUT2D eigenvalue weighted by Crippen LogP contribution is 2.49. The molecule has 1 aromatic heterocycles. The normalized spacial score (nSPS) is 27.8. The second kappa shape index (κ2) is 9.17. The Labute approximate surface area is 191 Å². The molecule has 1 aliphatic heterocycles. The number of rotatable bonds is 5. The zero-order chi connectivity index (χ0) is 21.9. The smallest absolute Gasteiger partial charge is 0.0915 e. The van der Waals surface area contributed by atoms with Gasteiger partial charge in [0.05, 0.1) is 11.7 Å².